The Kier molecular flexibility index (Phi) is 5.10. The van der Waals surface area contributed by atoms with Crippen LogP contribution in [0.4, 0.5) is 0 Å². The maximum absolute atomic E-state index is 11.6. The van der Waals surface area contributed by atoms with Crippen molar-refractivity contribution in [2.45, 2.75) is 12.2 Å². The molecule has 0 aliphatic carbocycles. The van der Waals surface area contributed by atoms with Gasteiger partial charge in [0.2, 0.25) is 10.0 Å². The molecule has 0 heterocycles. The summed E-state index contributed by atoms with van der Waals surface area (Å²) in [5.41, 5.74) is 0.641. The predicted octanol–water partition coefficient (Wildman–Crippen LogP) is 1.34. The van der Waals surface area contributed by atoms with Gasteiger partial charge in [0, 0.05) is 11.0 Å². The van der Waals surface area contributed by atoms with Crippen molar-refractivity contribution in [3.05, 3.63) is 34.3 Å². The highest BCUT2D eigenvalue weighted by Gasteiger charge is 2.11. The number of carboxylic acid groups (broad SMARTS) is 1. The second kappa shape index (κ2) is 6.13. The van der Waals surface area contributed by atoms with E-state index >= 15 is 0 Å². The van der Waals surface area contributed by atoms with Crippen LogP contribution in [0.2, 0.25) is 0 Å². The number of carboxylic acids is 1. The second-order valence-corrected chi connectivity index (χ2v) is 6.15. The van der Waals surface area contributed by atoms with E-state index in [4.69, 9.17) is 5.11 Å². The van der Waals surface area contributed by atoms with Gasteiger partial charge in [0.25, 0.3) is 0 Å². The van der Waals surface area contributed by atoms with Crippen molar-refractivity contribution in [1.82, 2.24) is 4.72 Å². The van der Waals surface area contributed by atoms with E-state index in [9.17, 15) is 13.2 Å². The third kappa shape index (κ3) is 5.81. The smallest absolute Gasteiger partial charge is 0.304 e. The number of benzene rings is 1. The van der Waals surface area contributed by atoms with E-state index in [-0.39, 0.29) is 18.7 Å². The minimum Gasteiger partial charge on any atom is -0.481 e. The third-order valence-corrected chi connectivity index (χ3v) is 3.76. The Hall–Kier alpha value is -0.920. The molecule has 5 nitrogen and oxygen atoms in total. The van der Waals surface area contributed by atoms with Gasteiger partial charge in [-0.2, -0.15) is 0 Å². The summed E-state index contributed by atoms with van der Waals surface area (Å²) in [6, 6.07) is 6.94. The molecule has 0 amide bonds. The Morgan fingerprint density at radius 1 is 1.41 bits per heavy atom. The van der Waals surface area contributed by atoms with Gasteiger partial charge in [0.15, 0.2) is 0 Å². The van der Waals surface area contributed by atoms with Crippen molar-refractivity contribution in [1.29, 1.82) is 0 Å². The van der Waals surface area contributed by atoms with Gasteiger partial charge in [0.05, 0.1) is 12.2 Å². The summed E-state index contributed by atoms with van der Waals surface area (Å²) < 4.78 is 26.2. The molecule has 0 aliphatic heterocycles. The Balaban J connectivity index is 2.57. The first-order chi connectivity index (χ1) is 7.89. The first-order valence-corrected chi connectivity index (χ1v) is 7.27. The van der Waals surface area contributed by atoms with Crippen molar-refractivity contribution >= 4 is 31.9 Å². The molecule has 2 N–H and O–H groups in total. The minimum absolute atomic E-state index is 0.0916. The van der Waals surface area contributed by atoms with E-state index < -0.39 is 16.0 Å². The highest BCUT2D eigenvalue weighted by atomic mass is 79.9. The zero-order valence-electron chi connectivity index (χ0n) is 8.89. The highest BCUT2D eigenvalue weighted by molar-refractivity contribution is 9.10. The Bertz CT molecular complexity index is 501. The molecule has 0 atom stereocenters. The lowest BCUT2D eigenvalue weighted by molar-refractivity contribution is -0.136. The summed E-state index contributed by atoms with van der Waals surface area (Å²) in [6.07, 6.45) is -0.224. The van der Waals surface area contributed by atoms with Crippen molar-refractivity contribution in [2.75, 3.05) is 6.54 Å². The van der Waals surface area contributed by atoms with Crippen molar-refractivity contribution in [3.8, 4) is 0 Å². The molecule has 0 spiro atoms. The molecule has 0 aliphatic rings. The van der Waals surface area contributed by atoms with Crippen LogP contribution >= 0.6 is 15.9 Å². The molecule has 0 aromatic heterocycles. The molecule has 0 fully saturated rings. The molecule has 0 saturated carbocycles. The monoisotopic (exact) mass is 321 g/mol. The average Bonchev–Trinajstić information content (AvgIpc) is 2.15. The van der Waals surface area contributed by atoms with Crippen LogP contribution in [0.3, 0.4) is 0 Å². The normalized spacial score (nSPS) is 11.4. The molecule has 94 valence electrons. The fourth-order valence-corrected chi connectivity index (χ4v) is 2.79. The number of rotatable bonds is 6. The van der Waals surface area contributed by atoms with Gasteiger partial charge < -0.3 is 5.11 Å². The molecule has 0 bridgehead atoms. The molecule has 0 radical (unpaired) electrons. The third-order valence-electron chi connectivity index (χ3n) is 1.91. The molecule has 1 aromatic carbocycles. The summed E-state index contributed by atoms with van der Waals surface area (Å²) in [6.45, 7) is -0.0916. The largest absolute Gasteiger partial charge is 0.481 e. The molecular weight excluding hydrogens is 310 g/mol. The standard InChI is InChI=1S/C10H12BrNO4S/c11-9-3-1-2-8(6-9)7-17(15,16)12-5-4-10(13)14/h1-3,6,12H,4-5,7H2,(H,13,14). The average molecular weight is 322 g/mol. The lowest BCUT2D eigenvalue weighted by Gasteiger charge is -2.05. The van der Waals surface area contributed by atoms with E-state index in [1.54, 1.807) is 24.3 Å². The van der Waals surface area contributed by atoms with E-state index in [0.717, 1.165) is 4.47 Å². The van der Waals surface area contributed by atoms with E-state index in [1.165, 1.54) is 0 Å². The zero-order valence-corrected chi connectivity index (χ0v) is 11.3. The van der Waals surface area contributed by atoms with Crippen LogP contribution in [0.15, 0.2) is 28.7 Å². The van der Waals surface area contributed by atoms with Crippen LogP contribution in [0.25, 0.3) is 0 Å². The molecule has 7 heteroatoms. The molecule has 17 heavy (non-hydrogen) atoms. The van der Waals surface area contributed by atoms with E-state index in [2.05, 4.69) is 20.7 Å². The van der Waals surface area contributed by atoms with Crippen LogP contribution < -0.4 is 4.72 Å². The molecule has 0 saturated heterocycles. The van der Waals surface area contributed by atoms with Gasteiger partial charge in [0.1, 0.15) is 0 Å². The fraction of sp³-hybridized carbons (Fsp3) is 0.300. The summed E-state index contributed by atoms with van der Waals surface area (Å²) in [5.74, 6) is -1.19. The van der Waals surface area contributed by atoms with Crippen molar-refractivity contribution in [2.24, 2.45) is 0 Å². The quantitative estimate of drug-likeness (QED) is 0.828. The number of hydrogen-bond donors (Lipinski definition) is 2. The summed E-state index contributed by atoms with van der Waals surface area (Å²) in [5, 5.41) is 8.40. The lowest BCUT2D eigenvalue weighted by Crippen LogP contribution is -2.27. The molecule has 0 unspecified atom stereocenters. The zero-order chi connectivity index (χ0) is 12.9. The second-order valence-electron chi connectivity index (χ2n) is 3.43. The Morgan fingerprint density at radius 2 is 2.12 bits per heavy atom. The van der Waals surface area contributed by atoms with Gasteiger partial charge in [-0.1, -0.05) is 28.1 Å². The van der Waals surface area contributed by atoms with Crippen LogP contribution in [-0.4, -0.2) is 26.0 Å². The highest BCUT2D eigenvalue weighted by Crippen LogP contribution is 2.13. The predicted molar refractivity (Wildman–Crippen MR) is 67.0 cm³/mol. The van der Waals surface area contributed by atoms with Gasteiger partial charge in [-0.25, -0.2) is 13.1 Å². The van der Waals surface area contributed by atoms with Crippen LogP contribution in [0, 0.1) is 0 Å². The van der Waals surface area contributed by atoms with E-state index in [1.807, 2.05) is 0 Å². The number of sulfonamides is 1. The van der Waals surface area contributed by atoms with Crippen molar-refractivity contribution < 1.29 is 18.3 Å². The van der Waals surface area contributed by atoms with Crippen LogP contribution in [0.5, 0.6) is 0 Å². The maximum atomic E-state index is 11.6. The maximum Gasteiger partial charge on any atom is 0.304 e. The number of carbonyl (C=O) groups is 1. The number of hydrogen-bond acceptors (Lipinski definition) is 3. The summed E-state index contributed by atoms with van der Waals surface area (Å²) >= 11 is 3.25. The minimum atomic E-state index is -3.48. The SMILES string of the molecule is O=C(O)CCNS(=O)(=O)Cc1cccc(Br)c1. The Labute approximate surface area is 108 Å². The van der Waals surface area contributed by atoms with E-state index in [0.29, 0.717) is 5.56 Å². The molecular formula is C10H12BrNO4S. The van der Waals surface area contributed by atoms with Crippen molar-refractivity contribution in [3.63, 3.8) is 0 Å². The van der Waals surface area contributed by atoms with Crippen LogP contribution in [0.1, 0.15) is 12.0 Å². The Morgan fingerprint density at radius 3 is 2.71 bits per heavy atom. The fourth-order valence-electron chi connectivity index (χ4n) is 1.21. The molecule has 1 aromatic rings. The van der Waals surface area contributed by atoms with Gasteiger partial charge in [-0.3, -0.25) is 4.79 Å². The molecule has 1 rings (SSSR count). The number of aliphatic carboxylic acids is 1. The number of halogens is 1. The van der Waals surface area contributed by atoms with Crippen LogP contribution in [-0.2, 0) is 20.6 Å². The summed E-state index contributed by atoms with van der Waals surface area (Å²) in [4.78, 5) is 10.2. The van der Waals surface area contributed by atoms with Gasteiger partial charge in [-0.05, 0) is 17.7 Å². The lowest BCUT2D eigenvalue weighted by atomic mass is 10.2. The first kappa shape index (κ1) is 14.1. The van der Waals surface area contributed by atoms with Gasteiger partial charge in [-0.15, -0.1) is 0 Å². The summed E-state index contributed by atoms with van der Waals surface area (Å²) in [7, 11) is -3.48. The van der Waals surface area contributed by atoms with Gasteiger partial charge >= 0.3 is 5.97 Å². The number of nitrogens with one attached hydrogen (secondary N) is 1. The first-order valence-electron chi connectivity index (χ1n) is 4.82. The topological polar surface area (TPSA) is 83.5 Å².